The third kappa shape index (κ3) is 4.91. The number of benzene rings is 2. The first kappa shape index (κ1) is 20.2. The van der Waals surface area contributed by atoms with Crippen LogP contribution < -0.4 is 10.1 Å². The molecule has 2 atom stereocenters. The highest BCUT2D eigenvalue weighted by Gasteiger charge is 2.34. The number of nitrogens with one attached hydrogen (secondary N) is 1. The van der Waals surface area contributed by atoms with E-state index in [0.717, 1.165) is 29.2 Å². The minimum atomic E-state index is -1.17. The first-order chi connectivity index (χ1) is 14.5. The van der Waals surface area contributed by atoms with E-state index in [-0.39, 0.29) is 11.9 Å². The summed E-state index contributed by atoms with van der Waals surface area (Å²) in [7, 11) is 0. The number of nitrogens with zero attached hydrogens (tertiary/aromatic N) is 1. The molecule has 0 spiro atoms. The Kier molecular flexibility index (Phi) is 5.89. The number of aliphatic hydroxyl groups is 1. The highest BCUT2D eigenvalue weighted by molar-refractivity contribution is 6.30. The molecule has 0 saturated heterocycles. The van der Waals surface area contributed by atoms with Gasteiger partial charge in [-0.25, -0.2) is 9.78 Å². The van der Waals surface area contributed by atoms with E-state index in [1.165, 1.54) is 0 Å². The molecule has 6 heteroatoms. The summed E-state index contributed by atoms with van der Waals surface area (Å²) < 4.78 is 5.45. The third-order valence-corrected chi connectivity index (χ3v) is 5.37. The Morgan fingerprint density at radius 1 is 1.23 bits per heavy atom. The molecule has 2 aromatic carbocycles. The smallest absolute Gasteiger partial charge is 0.391 e. The highest BCUT2D eigenvalue weighted by Crippen LogP contribution is 2.28. The lowest BCUT2D eigenvalue weighted by molar-refractivity contribution is 0.0473. The molecule has 152 valence electrons. The molecule has 1 fully saturated rings. The molecule has 1 aliphatic rings. The van der Waals surface area contributed by atoms with E-state index in [1.54, 1.807) is 18.3 Å². The molecule has 4 rings (SSSR count). The van der Waals surface area contributed by atoms with Gasteiger partial charge in [-0.2, -0.15) is 0 Å². The number of fused-ring (bicyclic) bond motifs is 1. The molecule has 1 amide bonds. The fraction of sp³-hybridized carbons (Fsp3) is 0.250. The predicted octanol–water partition coefficient (Wildman–Crippen LogP) is 4.70. The number of halogens is 1. The maximum Gasteiger partial charge on any atom is 0.414 e. The quantitative estimate of drug-likeness (QED) is 0.589. The Bertz CT molecular complexity index is 1130. The van der Waals surface area contributed by atoms with E-state index in [0.29, 0.717) is 17.9 Å². The van der Waals surface area contributed by atoms with Crippen molar-refractivity contribution in [2.24, 2.45) is 0 Å². The van der Waals surface area contributed by atoms with E-state index in [9.17, 15) is 9.90 Å². The summed E-state index contributed by atoms with van der Waals surface area (Å²) in [6.45, 7) is 0. The molecule has 1 aromatic heterocycles. The van der Waals surface area contributed by atoms with E-state index in [1.807, 2.05) is 42.5 Å². The van der Waals surface area contributed by atoms with Crippen LogP contribution in [-0.2, 0) is 0 Å². The Hall–Kier alpha value is -3.07. The van der Waals surface area contributed by atoms with Gasteiger partial charge in [-0.05, 0) is 55.0 Å². The van der Waals surface area contributed by atoms with Crippen LogP contribution in [0.5, 0.6) is 5.88 Å². The lowest BCUT2D eigenvalue weighted by Gasteiger charge is -2.33. The number of pyridine rings is 1. The standard InChI is InChI=1S/C24H21ClN2O3/c25-19-7-3-5-17(15-19)10-13-24(29)12-4-8-20(16-24)27-23(28)30-22-21-9-2-1-6-18(21)11-14-26-22/h1-3,5-7,9,11,14-15,20,29H,4,8,12,16H2,(H,27,28)/t20-,24+/m0/s1. The molecule has 0 radical (unpaired) electrons. The second kappa shape index (κ2) is 8.74. The monoisotopic (exact) mass is 420 g/mol. The van der Waals surface area contributed by atoms with Crippen molar-refractivity contribution >= 4 is 28.5 Å². The van der Waals surface area contributed by atoms with Crippen LogP contribution in [-0.4, -0.2) is 27.8 Å². The molecule has 3 aromatic rings. The lowest BCUT2D eigenvalue weighted by atomic mass is 9.82. The van der Waals surface area contributed by atoms with Gasteiger partial charge in [-0.3, -0.25) is 0 Å². The Morgan fingerprint density at radius 3 is 2.97 bits per heavy atom. The summed E-state index contributed by atoms with van der Waals surface area (Å²) in [6.07, 6.45) is 3.40. The van der Waals surface area contributed by atoms with Crippen LogP contribution in [0.15, 0.2) is 60.8 Å². The van der Waals surface area contributed by atoms with E-state index < -0.39 is 11.7 Å². The SMILES string of the molecule is O=C(N[C@H]1CCC[C@@](O)(C#Cc2cccc(Cl)c2)C1)Oc1nccc2ccccc12. The zero-order valence-electron chi connectivity index (χ0n) is 16.3. The van der Waals surface area contributed by atoms with Gasteiger partial charge in [0.05, 0.1) is 0 Å². The Morgan fingerprint density at radius 2 is 2.10 bits per heavy atom. The minimum Gasteiger partial charge on any atom is -0.391 e. The van der Waals surface area contributed by atoms with Gasteiger partial charge in [0.1, 0.15) is 5.60 Å². The molecule has 2 N–H and O–H groups in total. The van der Waals surface area contributed by atoms with Gasteiger partial charge in [-0.1, -0.05) is 47.7 Å². The predicted molar refractivity (Wildman–Crippen MR) is 116 cm³/mol. The summed E-state index contributed by atoms with van der Waals surface area (Å²) in [5.74, 6) is 6.21. The highest BCUT2D eigenvalue weighted by atomic mass is 35.5. The zero-order valence-corrected chi connectivity index (χ0v) is 17.0. The number of amides is 1. The number of rotatable bonds is 2. The number of aromatic nitrogens is 1. The number of ether oxygens (including phenoxy) is 1. The van der Waals surface area contributed by atoms with Crippen molar-refractivity contribution in [2.45, 2.75) is 37.3 Å². The maximum atomic E-state index is 12.4. The number of hydrogen-bond donors (Lipinski definition) is 2. The summed E-state index contributed by atoms with van der Waals surface area (Å²) in [5, 5.41) is 16.1. The van der Waals surface area contributed by atoms with Crippen LogP contribution >= 0.6 is 11.6 Å². The summed E-state index contributed by atoms with van der Waals surface area (Å²) in [6, 6.07) is 16.4. The molecule has 1 heterocycles. The van der Waals surface area contributed by atoms with E-state index >= 15 is 0 Å². The molecule has 30 heavy (non-hydrogen) atoms. The second-order valence-electron chi connectivity index (χ2n) is 7.46. The van der Waals surface area contributed by atoms with Crippen molar-refractivity contribution < 1.29 is 14.6 Å². The van der Waals surface area contributed by atoms with Crippen molar-refractivity contribution in [3.63, 3.8) is 0 Å². The average molecular weight is 421 g/mol. The molecular formula is C24H21ClN2O3. The number of carbonyl (C=O) groups is 1. The summed E-state index contributed by atoms with van der Waals surface area (Å²) in [4.78, 5) is 16.6. The fourth-order valence-corrected chi connectivity index (χ4v) is 3.89. The van der Waals surface area contributed by atoms with Gasteiger partial charge in [-0.15, -0.1) is 0 Å². The molecule has 0 bridgehead atoms. The Labute approximate surface area is 180 Å². The maximum absolute atomic E-state index is 12.4. The van der Waals surface area contributed by atoms with Gasteiger partial charge in [0.15, 0.2) is 0 Å². The van der Waals surface area contributed by atoms with Crippen LogP contribution in [0.1, 0.15) is 31.2 Å². The topological polar surface area (TPSA) is 71.5 Å². The van der Waals surface area contributed by atoms with Gasteiger partial charge in [0.2, 0.25) is 5.88 Å². The largest absolute Gasteiger partial charge is 0.414 e. The van der Waals surface area contributed by atoms with Crippen molar-refractivity contribution in [3.05, 3.63) is 71.4 Å². The molecule has 1 aliphatic carbocycles. The third-order valence-electron chi connectivity index (χ3n) is 5.14. The molecule has 5 nitrogen and oxygen atoms in total. The van der Waals surface area contributed by atoms with Crippen LogP contribution in [0.2, 0.25) is 5.02 Å². The van der Waals surface area contributed by atoms with Crippen molar-refractivity contribution in [2.75, 3.05) is 0 Å². The van der Waals surface area contributed by atoms with Crippen LogP contribution in [0.25, 0.3) is 10.8 Å². The molecule has 1 saturated carbocycles. The van der Waals surface area contributed by atoms with Gasteiger partial charge in [0.25, 0.3) is 0 Å². The molecule has 0 aliphatic heterocycles. The molecule has 0 unspecified atom stereocenters. The van der Waals surface area contributed by atoms with Crippen molar-refractivity contribution in [1.82, 2.24) is 10.3 Å². The first-order valence-electron chi connectivity index (χ1n) is 9.84. The van der Waals surface area contributed by atoms with Gasteiger partial charge >= 0.3 is 6.09 Å². The van der Waals surface area contributed by atoms with Crippen LogP contribution in [0, 0.1) is 11.8 Å². The minimum absolute atomic E-state index is 0.236. The zero-order chi connectivity index (χ0) is 21.0. The average Bonchev–Trinajstić information content (AvgIpc) is 2.73. The summed E-state index contributed by atoms with van der Waals surface area (Å²) >= 11 is 5.99. The van der Waals surface area contributed by atoms with Crippen LogP contribution in [0.3, 0.4) is 0 Å². The van der Waals surface area contributed by atoms with Gasteiger partial charge < -0.3 is 15.2 Å². The first-order valence-corrected chi connectivity index (χ1v) is 10.2. The number of hydrogen-bond acceptors (Lipinski definition) is 4. The van der Waals surface area contributed by atoms with Crippen molar-refractivity contribution in [3.8, 4) is 17.7 Å². The normalized spacial score (nSPS) is 20.8. The van der Waals surface area contributed by atoms with E-state index in [2.05, 4.69) is 22.1 Å². The molecular weight excluding hydrogens is 400 g/mol. The number of carbonyl (C=O) groups excluding carboxylic acids is 1. The summed E-state index contributed by atoms with van der Waals surface area (Å²) in [5.41, 5.74) is -0.427. The van der Waals surface area contributed by atoms with Gasteiger partial charge in [0, 0.05) is 34.6 Å². The second-order valence-corrected chi connectivity index (χ2v) is 7.89. The Balaban J connectivity index is 1.42. The van der Waals surface area contributed by atoms with Crippen LogP contribution in [0.4, 0.5) is 4.79 Å². The van der Waals surface area contributed by atoms with E-state index in [4.69, 9.17) is 16.3 Å². The fourth-order valence-electron chi connectivity index (χ4n) is 3.70. The lowest BCUT2D eigenvalue weighted by Crippen LogP contribution is -2.46. The van der Waals surface area contributed by atoms with Crippen molar-refractivity contribution in [1.29, 1.82) is 0 Å².